The number of benzene rings is 2. The van der Waals surface area contributed by atoms with Gasteiger partial charge in [0.05, 0.1) is 6.61 Å². The first kappa shape index (κ1) is 25.1. The summed E-state index contributed by atoms with van der Waals surface area (Å²) in [6, 6.07) is 14.2. The van der Waals surface area contributed by atoms with E-state index in [1.165, 1.54) is 5.56 Å². The van der Waals surface area contributed by atoms with Crippen molar-refractivity contribution in [3.63, 3.8) is 0 Å². The summed E-state index contributed by atoms with van der Waals surface area (Å²) in [6.07, 6.45) is 0. The van der Waals surface area contributed by atoms with E-state index in [1.807, 2.05) is 31.2 Å². The normalized spacial score (nSPS) is 10.4. The number of carbonyl (C=O) groups excluding carboxylic acids is 2. The number of hydrazine groups is 1. The van der Waals surface area contributed by atoms with Crippen molar-refractivity contribution in [3.8, 4) is 11.5 Å². The maximum atomic E-state index is 12.4. The summed E-state index contributed by atoms with van der Waals surface area (Å²) in [6.45, 7) is 7.37. The Balaban J connectivity index is 1.72. The van der Waals surface area contributed by atoms with Crippen LogP contribution in [0.5, 0.6) is 11.5 Å². The fourth-order valence-electron chi connectivity index (χ4n) is 2.56. The quantitative estimate of drug-likeness (QED) is 0.285. The van der Waals surface area contributed by atoms with Gasteiger partial charge in [-0.25, -0.2) is 0 Å². The van der Waals surface area contributed by atoms with Gasteiger partial charge in [0.15, 0.2) is 11.7 Å². The summed E-state index contributed by atoms with van der Waals surface area (Å²) in [4.78, 5) is 24.3. The number of hydrogen-bond donors (Lipinski definition) is 3. The first-order valence-corrected chi connectivity index (χ1v) is 10.7. The maximum Gasteiger partial charge on any atom is 0.276 e. The molecular weight excluding hydrogens is 430 g/mol. The predicted octanol–water partition coefficient (Wildman–Crippen LogP) is 2.94. The molecule has 0 unspecified atom stereocenters. The fourth-order valence-corrected chi connectivity index (χ4v) is 2.70. The molecule has 2 rings (SSSR count). The summed E-state index contributed by atoms with van der Waals surface area (Å²) < 4.78 is 16.2. The monoisotopic (exact) mass is 459 g/mol. The van der Waals surface area contributed by atoms with Crippen molar-refractivity contribution < 1.29 is 23.8 Å². The molecule has 32 heavy (non-hydrogen) atoms. The zero-order valence-corrected chi connectivity index (χ0v) is 19.3. The molecule has 0 aliphatic rings. The van der Waals surface area contributed by atoms with Crippen molar-refractivity contribution in [1.29, 1.82) is 0 Å². The minimum absolute atomic E-state index is 0.0488. The summed E-state index contributed by atoms with van der Waals surface area (Å²) >= 11 is 5.05. The molecule has 2 aromatic rings. The van der Waals surface area contributed by atoms with Crippen LogP contribution in [-0.2, 0) is 9.53 Å². The van der Waals surface area contributed by atoms with Gasteiger partial charge < -0.3 is 14.2 Å². The average Bonchev–Trinajstić information content (AvgIpc) is 2.79. The van der Waals surface area contributed by atoms with Crippen LogP contribution in [0.15, 0.2) is 48.5 Å². The van der Waals surface area contributed by atoms with Crippen LogP contribution < -0.4 is 25.6 Å². The summed E-state index contributed by atoms with van der Waals surface area (Å²) in [7, 11) is 0. The van der Waals surface area contributed by atoms with Gasteiger partial charge in [-0.05, 0) is 61.0 Å². The Bertz CT molecular complexity index is 903. The molecule has 0 aliphatic heterocycles. The first-order chi connectivity index (χ1) is 15.4. The lowest BCUT2D eigenvalue weighted by Crippen LogP contribution is -2.49. The van der Waals surface area contributed by atoms with Gasteiger partial charge in [-0.3, -0.25) is 25.8 Å². The highest BCUT2D eigenvalue weighted by Gasteiger charge is 2.10. The molecule has 2 amide bonds. The molecule has 0 aromatic heterocycles. The van der Waals surface area contributed by atoms with E-state index in [4.69, 9.17) is 26.4 Å². The molecule has 8 nitrogen and oxygen atoms in total. The summed E-state index contributed by atoms with van der Waals surface area (Å²) in [5.74, 6) is 0.669. The number of rotatable bonds is 10. The van der Waals surface area contributed by atoms with Gasteiger partial charge in [0.1, 0.15) is 18.1 Å². The molecule has 0 heterocycles. The molecule has 0 saturated carbocycles. The van der Waals surface area contributed by atoms with Crippen LogP contribution in [0.1, 0.15) is 42.6 Å². The molecule has 0 radical (unpaired) electrons. The average molecular weight is 460 g/mol. The molecule has 0 fully saturated rings. The fraction of sp³-hybridized carbons (Fsp3) is 0.348. The van der Waals surface area contributed by atoms with Gasteiger partial charge >= 0.3 is 0 Å². The third-order valence-corrected chi connectivity index (χ3v) is 4.46. The molecule has 172 valence electrons. The van der Waals surface area contributed by atoms with Crippen LogP contribution in [0.2, 0.25) is 0 Å². The van der Waals surface area contributed by atoms with E-state index in [0.29, 0.717) is 42.8 Å². The van der Waals surface area contributed by atoms with E-state index < -0.39 is 11.8 Å². The number of ether oxygens (including phenoxy) is 3. The third kappa shape index (κ3) is 8.91. The Morgan fingerprint density at radius 3 is 2.41 bits per heavy atom. The van der Waals surface area contributed by atoms with Gasteiger partial charge in [-0.1, -0.05) is 32.0 Å². The number of amides is 2. The lowest BCUT2D eigenvalue weighted by Gasteiger charge is -2.12. The van der Waals surface area contributed by atoms with E-state index in [2.05, 4.69) is 30.0 Å². The highest BCUT2D eigenvalue weighted by Crippen LogP contribution is 2.18. The smallest absolute Gasteiger partial charge is 0.276 e. The molecule has 9 heteroatoms. The van der Waals surface area contributed by atoms with Gasteiger partial charge in [0.25, 0.3) is 11.8 Å². The van der Waals surface area contributed by atoms with Gasteiger partial charge in [-0.15, -0.1) is 0 Å². The zero-order valence-electron chi connectivity index (χ0n) is 18.5. The van der Waals surface area contributed by atoms with E-state index in [1.54, 1.807) is 24.3 Å². The summed E-state index contributed by atoms with van der Waals surface area (Å²) in [5.41, 5.74) is 6.41. The number of nitrogens with one attached hydrogen (secondary N) is 3. The van der Waals surface area contributed by atoms with Crippen LogP contribution >= 0.6 is 12.2 Å². The molecule has 0 aliphatic carbocycles. The van der Waals surface area contributed by atoms with E-state index in [-0.39, 0.29) is 11.7 Å². The minimum Gasteiger partial charge on any atom is -0.491 e. The van der Waals surface area contributed by atoms with Gasteiger partial charge in [0, 0.05) is 12.2 Å². The Labute approximate surface area is 193 Å². The first-order valence-electron chi connectivity index (χ1n) is 10.3. The minimum atomic E-state index is -0.445. The van der Waals surface area contributed by atoms with Crippen molar-refractivity contribution in [3.05, 3.63) is 59.7 Å². The molecule has 0 atom stereocenters. The Morgan fingerprint density at radius 1 is 0.969 bits per heavy atom. The molecule has 0 spiro atoms. The molecule has 0 saturated heterocycles. The van der Waals surface area contributed by atoms with Crippen molar-refractivity contribution in [2.75, 3.05) is 26.4 Å². The Morgan fingerprint density at radius 2 is 1.72 bits per heavy atom. The van der Waals surface area contributed by atoms with Crippen LogP contribution in [0.3, 0.4) is 0 Å². The lowest BCUT2D eigenvalue weighted by molar-refractivity contribution is -0.123. The second-order valence-corrected chi connectivity index (χ2v) is 7.45. The topological polar surface area (TPSA) is 97.9 Å². The van der Waals surface area contributed by atoms with E-state index in [0.717, 1.165) is 0 Å². The predicted molar refractivity (Wildman–Crippen MR) is 126 cm³/mol. The van der Waals surface area contributed by atoms with Crippen molar-refractivity contribution in [2.45, 2.75) is 26.7 Å². The van der Waals surface area contributed by atoms with Gasteiger partial charge in [0.2, 0.25) is 0 Å². The number of carbonyl (C=O) groups is 2. The maximum absolute atomic E-state index is 12.4. The van der Waals surface area contributed by atoms with Crippen LogP contribution in [0.25, 0.3) is 0 Å². The third-order valence-electron chi connectivity index (χ3n) is 4.26. The highest BCUT2D eigenvalue weighted by molar-refractivity contribution is 7.80. The van der Waals surface area contributed by atoms with Crippen molar-refractivity contribution >= 4 is 29.1 Å². The zero-order chi connectivity index (χ0) is 23.3. The van der Waals surface area contributed by atoms with Crippen molar-refractivity contribution in [1.82, 2.24) is 16.2 Å². The van der Waals surface area contributed by atoms with E-state index >= 15 is 0 Å². The van der Waals surface area contributed by atoms with Crippen LogP contribution in [0, 0.1) is 0 Å². The standard InChI is InChI=1S/C23H29N3O5S/c1-4-29-12-13-30-20-7-5-6-18(14-20)22(28)24-23(32)26-25-21(27)15-31-19-10-8-17(9-11-19)16(2)3/h5-11,14,16H,4,12-13,15H2,1-3H3,(H,25,27)(H2,24,26,28,32). The Kier molecular flexibility index (Phi) is 10.4. The molecule has 2 aromatic carbocycles. The number of thiocarbonyl (C=S) groups is 1. The molecule has 0 bridgehead atoms. The molecule has 3 N–H and O–H groups in total. The largest absolute Gasteiger partial charge is 0.491 e. The van der Waals surface area contributed by atoms with E-state index in [9.17, 15) is 9.59 Å². The van der Waals surface area contributed by atoms with Crippen molar-refractivity contribution in [2.24, 2.45) is 0 Å². The lowest BCUT2D eigenvalue weighted by atomic mass is 10.0. The number of hydrogen-bond acceptors (Lipinski definition) is 6. The molecular formula is C23H29N3O5S. The van der Waals surface area contributed by atoms with Crippen LogP contribution in [0.4, 0.5) is 0 Å². The second-order valence-electron chi connectivity index (χ2n) is 7.04. The summed E-state index contributed by atoms with van der Waals surface area (Å²) in [5, 5.41) is 2.44. The SMILES string of the molecule is CCOCCOc1cccc(C(=O)NC(=S)NNC(=O)COc2ccc(C(C)C)cc2)c1. The highest BCUT2D eigenvalue weighted by atomic mass is 32.1. The van der Waals surface area contributed by atoms with Crippen LogP contribution in [-0.4, -0.2) is 43.4 Å². The van der Waals surface area contributed by atoms with Gasteiger partial charge in [-0.2, -0.15) is 0 Å². The Hall–Kier alpha value is -3.17. The second kappa shape index (κ2) is 13.3.